The number of alkyl halides is 3. The molecule has 8 nitrogen and oxygen atoms in total. The molecule has 3 aromatic heterocycles. The van der Waals surface area contributed by atoms with Crippen molar-refractivity contribution in [2.45, 2.75) is 31.7 Å². The zero-order chi connectivity index (χ0) is 27.2. The van der Waals surface area contributed by atoms with E-state index >= 15 is 0 Å². The molecule has 5 aromatic rings. The zero-order valence-corrected chi connectivity index (χ0v) is 21.7. The quantitative estimate of drug-likeness (QED) is 0.243. The number of aryl methyl sites for hydroxylation is 1. The number of aromatic carboxylic acids is 1. The molecular weight excluding hydrogens is 539 g/mol. The van der Waals surface area contributed by atoms with Gasteiger partial charge in [0.1, 0.15) is 10.4 Å². The molecular formula is C25H20F3N5O3S2. The van der Waals surface area contributed by atoms with E-state index in [9.17, 15) is 27.9 Å². The number of aromatic amines is 1. The van der Waals surface area contributed by atoms with Crippen LogP contribution in [0.4, 0.5) is 13.2 Å². The standard InChI is InChI=1S/C25H20F3N5O3S2/c1-3-37-24-29-18-13(2)38-20(21(34)35)19(18)32(24)12-14-8-10-15(11-9-14)16-6-4-5-7-17(16)33-22(25(26,27)28)30-31-23(33)36/h4-11H,3,12H2,1-2H3,(H,31,36)(H,34,35). The summed E-state index contributed by atoms with van der Waals surface area (Å²) in [6.07, 6.45) is -4.82. The molecule has 0 aliphatic rings. The number of imidazole rings is 1. The first-order chi connectivity index (χ1) is 18.1. The highest BCUT2D eigenvalue weighted by Crippen LogP contribution is 2.36. The Morgan fingerprint density at radius 2 is 1.87 bits per heavy atom. The molecule has 0 spiro atoms. The Bertz CT molecular complexity index is 1710. The highest BCUT2D eigenvalue weighted by Gasteiger charge is 2.38. The number of carbonyl (C=O) groups is 1. The van der Waals surface area contributed by atoms with Crippen molar-refractivity contribution in [2.75, 3.05) is 5.75 Å². The van der Waals surface area contributed by atoms with E-state index in [0.29, 0.717) is 38.4 Å². The molecule has 5 rings (SSSR count). The van der Waals surface area contributed by atoms with Gasteiger partial charge in [0.25, 0.3) is 0 Å². The van der Waals surface area contributed by atoms with Crippen LogP contribution in [0.5, 0.6) is 0 Å². The van der Waals surface area contributed by atoms with Gasteiger partial charge in [-0.15, -0.1) is 16.4 Å². The molecule has 0 saturated carbocycles. The third-order valence-electron chi connectivity index (χ3n) is 5.88. The van der Waals surface area contributed by atoms with Crippen LogP contribution in [0.25, 0.3) is 27.8 Å². The Morgan fingerprint density at radius 3 is 2.53 bits per heavy atom. The van der Waals surface area contributed by atoms with Crippen molar-refractivity contribution >= 4 is 40.1 Å². The fourth-order valence-corrected chi connectivity index (χ4v) is 5.95. The largest absolute Gasteiger partial charge is 0.477 e. The topological polar surface area (TPSA) is 106 Å². The van der Waals surface area contributed by atoms with Crippen LogP contribution in [0.1, 0.15) is 32.9 Å². The Labute approximate surface area is 221 Å². The summed E-state index contributed by atoms with van der Waals surface area (Å²) in [6, 6.07) is 13.4. The van der Waals surface area contributed by atoms with E-state index in [1.165, 1.54) is 29.2 Å². The van der Waals surface area contributed by atoms with Gasteiger partial charge in [0.2, 0.25) is 5.82 Å². The van der Waals surface area contributed by atoms with Crippen LogP contribution in [0, 0.1) is 6.92 Å². The molecule has 0 amide bonds. The number of nitrogens with zero attached hydrogens (tertiary/aromatic N) is 4. The van der Waals surface area contributed by atoms with E-state index < -0.39 is 23.7 Å². The normalized spacial score (nSPS) is 11.9. The van der Waals surface area contributed by atoms with Crippen LogP contribution in [0.3, 0.4) is 0 Å². The minimum absolute atomic E-state index is 0.0455. The summed E-state index contributed by atoms with van der Waals surface area (Å²) in [6.45, 7) is 4.19. The SMILES string of the molecule is CCSc1nc2c(C)sc(C(=O)O)c2n1Cc1ccc(-c2ccccc2-n2c(C(F)(F)F)n[nH]c2=O)cc1. The molecule has 0 bridgehead atoms. The number of halogens is 3. The lowest BCUT2D eigenvalue weighted by atomic mass is 10.0. The summed E-state index contributed by atoms with van der Waals surface area (Å²) in [5.41, 5.74) is 2.16. The van der Waals surface area contributed by atoms with Crippen molar-refractivity contribution in [2.24, 2.45) is 0 Å². The van der Waals surface area contributed by atoms with E-state index in [4.69, 9.17) is 0 Å². The first-order valence-electron chi connectivity index (χ1n) is 11.4. The van der Waals surface area contributed by atoms with E-state index in [-0.39, 0.29) is 10.6 Å². The average molecular weight is 560 g/mol. The van der Waals surface area contributed by atoms with Crippen LogP contribution in [-0.2, 0) is 12.7 Å². The fourth-order valence-electron chi connectivity index (χ4n) is 4.28. The van der Waals surface area contributed by atoms with Crippen molar-refractivity contribution in [3.05, 3.63) is 80.2 Å². The molecule has 0 fully saturated rings. The number of hydrogen-bond donors (Lipinski definition) is 2. The van der Waals surface area contributed by atoms with Crippen molar-refractivity contribution in [1.82, 2.24) is 24.3 Å². The number of nitrogens with one attached hydrogen (secondary N) is 1. The molecule has 196 valence electrons. The first-order valence-corrected chi connectivity index (χ1v) is 13.2. The van der Waals surface area contributed by atoms with Gasteiger partial charge in [-0.1, -0.05) is 61.2 Å². The maximum absolute atomic E-state index is 13.5. The van der Waals surface area contributed by atoms with Crippen LogP contribution in [0.2, 0.25) is 0 Å². The summed E-state index contributed by atoms with van der Waals surface area (Å²) in [4.78, 5) is 29.9. The Kier molecular flexibility index (Phi) is 6.65. The number of carboxylic acid groups (broad SMARTS) is 1. The molecule has 38 heavy (non-hydrogen) atoms. The van der Waals surface area contributed by atoms with Crippen LogP contribution in [-0.4, -0.2) is 41.1 Å². The molecule has 13 heteroatoms. The minimum atomic E-state index is -4.82. The van der Waals surface area contributed by atoms with Gasteiger partial charge in [-0.05, 0) is 29.9 Å². The van der Waals surface area contributed by atoms with Gasteiger partial charge in [0, 0.05) is 10.4 Å². The molecule has 0 atom stereocenters. The summed E-state index contributed by atoms with van der Waals surface area (Å²) in [5.74, 6) is -1.59. The highest BCUT2D eigenvalue weighted by molar-refractivity contribution is 7.99. The molecule has 0 saturated heterocycles. The molecule has 2 aromatic carbocycles. The minimum Gasteiger partial charge on any atom is -0.477 e. The van der Waals surface area contributed by atoms with Crippen LogP contribution < -0.4 is 5.69 Å². The number of carboxylic acids is 1. The second-order valence-electron chi connectivity index (χ2n) is 8.30. The summed E-state index contributed by atoms with van der Waals surface area (Å²) < 4.78 is 42.9. The van der Waals surface area contributed by atoms with Crippen molar-refractivity contribution in [3.63, 3.8) is 0 Å². The number of para-hydroxylation sites is 1. The van der Waals surface area contributed by atoms with E-state index in [1.807, 2.05) is 35.6 Å². The van der Waals surface area contributed by atoms with E-state index in [2.05, 4.69) is 10.1 Å². The molecule has 0 aliphatic carbocycles. The maximum atomic E-state index is 13.5. The molecule has 0 radical (unpaired) electrons. The second-order valence-corrected chi connectivity index (χ2v) is 10.8. The van der Waals surface area contributed by atoms with Crippen molar-refractivity contribution < 1.29 is 23.1 Å². The lowest BCUT2D eigenvalue weighted by Gasteiger charge is -2.14. The van der Waals surface area contributed by atoms with Gasteiger partial charge in [0.15, 0.2) is 5.16 Å². The van der Waals surface area contributed by atoms with Gasteiger partial charge >= 0.3 is 17.8 Å². The number of thioether (sulfide) groups is 1. The van der Waals surface area contributed by atoms with Gasteiger partial charge in [-0.2, -0.15) is 13.2 Å². The number of hydrogen-bond acceptors (Lipinski definition) is 6. The Balaban J connectivity index is 1.55. The predicted octanol–water partition coefficient (Wildman–Crippen LogP) is 5.82. The molecule has 0 unspecified atom stereocenters. The third-order valence-corrected chi connectivity index (χ3v) is 7.81. The van der Waals surface area contributed by atoms with Gasteiger partial charge in [-0.3, -0.25) is 0 Å². The fraction of sp³-hybridized carbons (Fsp3) is 0.200. The molecule has 0 aliphatic heterocycles. The monoisotopic (exact) mass is 559 g/mol. The highest BCUT2D eigenvalue weighted by atomic mass is 32.2. The van der Waals surface area contributed by atoms with E-state index in [1.54, 1.807) is 30.3 Å². The first kappa shape index (κ1) is 25.8. The maximum Gasteiger partial charge on any atom is 0.452 e. The summed E-state index contributed by atoms with van der Waals surface area (Å²) >= 11 is 2.71. The Hall–Kier alpha value is -3.84. The number of rotatable bonds is 7. The van der Waals surface area contributed by atoms with Crippen molar-refractivity contribution in [3.8, 4) is 16.8 Å². The lowest BCUT2D eigenvalue weighted by molar-refractivity contribution is -0.146. The van der Waals surface area contributed by atoms with Crippen LogP contribution in [0.15, 0.2) is 58.5 Å². The van der Waals surface area contributed by atoms with Gasteiger partial charge in [-0.25, -0.2) is 24.2 Å². The van der Waals surface area contributed by atoms with Gasteiger partial charge in [0.05, 0.1) is 17.7 Å². The van der Waals surface area contributed by atoms with Crippen molar-refractivity contribution in [1.29, 1.82) is 0 Å². The number of H-pyrrole nitrogens is 1. The third kappa shape index (κ3) is 4.52. The second kappa shape index (κ2) is 9.80. The summed E-state index contributed by atoms with van der Waals surface area (Å²) in [5, 5.41) is 15.5. The lowest BCUT2D eigenvalue weighted by Crippen LogP contribution is -2.22. The van der Waals surface area contributed by atoms with Crippen LogP contribution >= 0.6 is 23.1 Å². The summed E-state index contributed by atoms with van der Waals surface area (Å²) in [7, 11) is 0. The van der Waals surface area contributed by atoms with Gasteiger partial charge < -0.3 is 9.67 Å². The Morgan fingerprint density at radius 1 is 1.16 bits per heavy atom. The molecule has 3 heterocycles. The zero-order valence-electron chi connectivity index (χ0n) is 20.0. The number of fused-ring (bicyclic) bond motifs is 1. The van der Waals surface area contributed by atoms with E-state index in [0.717, 1.165) is 16.2 Å². The number of benzene rings is 2. The predicted molar refractivity (Wildman–Crippen MR) is 139 cm³/mol. The number of aromatic nitrogens is 5. The average Bonchev–Trinajstić information content (AvgIpc) is 3.53. The molecule has 2 N–H and O–H groups in total. The number of thiophene rings is 1. The smallest absolute Gasteiger partial charge is 0.452 e.